The number of hydrogen-bond acceptors (Lipinski definition) is 1. The maximum absolute atomic E-state index is 9.45. The number of nitrogens with zero attached hydrogens (tertiary/aromatic N) is 1. The summed E-state index contributed by atoms with van der Waals surface area (Å²) < 4.78 is 0. The summed E-state index contributed by atoms with van der Waals surface area (Å²) in [6.07, 6.45) is 1.57. The molecule has 0 aliphatic carbocycles. The summed E-state index contributed by atoms with van der Waals surface area (Å²) in [5.41, 5.74) is 0. The van der Waals surface area contributed by atoms with Gasteiger partial charge in [0.1, 0.15) is 0 Å². The minimum Gasteiger partial charge on any atom is -0.324 e. The van der Waals surface area contributed by atoms with Crippen molar-refractivity contribution in [3.05, 3.63) is 0 Å². The van der Waals surface area contributed by atoms with Gasteiger partial charge in [-0.3, -0.25) is 4.79 Å². The molecular weight excluding hydrogens is 101 g/mol. The van der Waals surface area contributed by atoms with E-state index in [0.29, 0.717) is 0 Å². The molecule has 0 aromatic carbocycles. The molecule has 0 saturated carbocycles. The Bertz CT molecular complexity index is 48.1. The quantitative estimate of drug-likeness (QED) is 0.279. The first kappa shape index (κ1) is 5.76. The van der Waals surface area contributed by atoms with Gasteiger partial charge in [-0.05, 0) is 0 Å². The van der Waals surface area contributed by atoms with Crippen LogP contribution in [0.15, 0.2) is 0 Å². The monoisotopic (exact) mass is 106 g/mol. The summed E-state index contributed by atoms with van der Waals surface area (Å²) in [5.74, 6) is 0. The van der Waals surface area contributed by atoms with Crippen molar-refractivity contribution >= 4 is 18.0 Å². The van der Waals surface area contributed by atoms with Gasteiger partial charge in [-0.15, -0.1) is 11.6 Å². The molecule has 0 saturated heterocycles. The number of hydrogen-bond donors (Lipinski definition) is 0. The zero-order chi connectivity index (χ0) is 4.99. The van der Waals surface area contributed by atoms with E-state index in [-0.39, 0.29) is 6.00 Å². The molecule has 0 aromatic heterocycles. The molecule has 2 nitrogen and oxygen atoms in total. The fraction of sp³-hybridized carbons (Fsp3) is 0.667. The van der Waals surface area contributed by atoms with Crippen molar-refractivity contribution in [3.8, 4) is 0 Å². The summed E-state index contributed by atoms with van der Waals surface area (Å²) in [7, 11) is 1.56. The molecule has 0 rings (SSSR count). The number of alkyl halides is 1. The number of amides is 1. The van der Waals surface area contributed by atoms with Crippen LogP contribution in [0.5, 0.6) is 0 Å². The predicted octanol–water partition coefficient (Wildman–Crippen LogP) is 0.182. The minimum atomic E-state index is 0.212. The van der Waals surface area contributed by atoms with E-state index in [9.17, 15) is 4.79 Å². The third-order valence-electron chi connectivity index (χ3n) is 0.335. The average Bonchev–Trinajstić information content (AvgIpc) is 1.65. The van der Waals surface area contributed by atoms with E-state index < -0.39 is 0 Å². The highest BCUT2D eigenvalue weighted by atomic mass is 35.5. The van der Waals surface area contributed by atoms with Gasteiger partial charge in [0, 0.05) is 7.05 Å². The predicted molar refractivity (Wildman–Crippen MR) is 24.2 cm³/mol. The first-order valence-electron chi connectivity index (χ1n) is 1.46. The van der Waals surface area contributed by atoms with Crippen LogP contribution >= 0.6 is 11.6 Å². The second kappa shape index (κ2) is 2.97. The molecule has 0 aliphatic rings. The standard InChI is InChI=1S/C3H5ClNO/c1-5(2-4)3-6/h2H2,1H3. The second-order valence-corrected chi connectivity index (χ2v) is 1.15. The number of halogens is 1. The molecule has 0 fully saturated rings. The molecule has 0 N–H and O–H groups in total. The molecule has 1 radical (unpaired) electrons. The van der Waals surface area contributed by atoms with Gasteiger partial charge in [-0.2, -0.15) is 0 Å². The summed E-state index contributed by atoms with van der Waals surface area (Å²) >= 11 is 5.12. The van der Waals surface area contributed by atoms with Gasteiger partial charge in [0.15, 0.2) is 0 Å². The van der Waals surface area contributed by atoms with Crippen LogP contribution in [0, 0.1) is 0 Å². The Balaban J connectivity index is 2.96. The summed E-state index contributed by atoms with van der Waals surface area (Å²) in [5, 5.41) is 0. The fourth-order valence-corrected chi connectivity index (χ4v) is 0.0732. The van der Waals surface area contributed by atoms with Crippen LogP contribution in [0.3, 0.4) is 0 Å². The smallest absolute Gasteiger partial charge is 0.312 e. The Hall–Kier alpha value is -0.240. The van der Waals surface area contributed by atoms with Gasteiger partial charge in [0.25, 0.3) is 0 Å². The summed E-state index contributed by atoms with van der Waals surface area (Å²) in [4.78, 5) is 10.7. The van der Waals surface area contributed by atoms with Crippen LogP contribution in [-0.4, -0.2) is 24.4 Å². The molecular formula is C3H5ClNO. The van der Waals surface area contributed by atoms with Crippen molar-refractivity contribution < 1.29 is 4.79 Å². The van der Waals surface area contributed by atoms with Crippen LogP contribution in [0.4, 0.5) is 0 Å². The lowest BCUT2D eigenvalue weighted by Crippen LogP contribution is -2.11. The molecule has 0 bridgehead atoms. The van der Waals surface area contributed by atoms with Gasteiger partial charge in [-0.1, -0.05) is 0 Å². The molecule has 0 spiro atoms. The van der Waals surface area contributed by atoms with Gasteiger partial charge in [-0.25, -0.2) is 0 Å². The molecule has 3 heteroatoms. The highest BCUT2D eigenvalue weighted by Crippen LogP contribution is 1.75. The molecule has 1 amide bonds. The topological polar surface area (TPSA) is 20.3 Å². The minimum absolute atomic E-state index is 0.212. The molecule has 35 valence electrons. The molecule has 0 heterocycles. The Morgan fingerprint density at radius 2 is 2.50 bits per heavy atom. The lowest BCUT2D eigenvalue weighted by Gasteiger charge is -1.98. The van der Waals surface area contributed by atoms with Crippen molar-refractivity contribution in [2.75, 3.05) is 13.1 Å². The molecule has 0 aliphatic heterocycles. The molecule has 0 atom stereocenters. The third kappa shape index (κ3) is 2.03. The van der Waals surface area contributed by atoms with Gasteiger partial charge in [0.2, 0.25) is 0 Å². The lowest BCUT2D eigenvalue weighted by molar-refractivity contribution is 0.472. The van der Waals surface area contributed by atoms with Crippen molar-refractivity contribution in [1.29, 1.82) is 0 Å². The Kier molecular flexibility index (Phi) is 2.85. The van der Waals surface area contributed by atoms with Gasteiger partial charge < -0.3 is 4.90 Å². The average molecular weight is 107 g/mol. The normalized spacial score (nSPS) is 7.67. The van der Waals surface area contributed by atoms with E-state index in [1.807, 2.05) is 0 Å². The largest absolute Gasteiger partial charge is 0.324 e. The summed E-state index contributed by atoms with van der Waals surface area (Å²) in [6, 6.07) is 0.212. The zero-order valence-corrected chi connectivity index (χ0v) is 4.20. The fourth-order valence-electron chi connectivity index (χ4n) is 0.0244. The highest BCUT2D eigenvalue weighted by molar-refractivity contribution is 6.18. The Morgan fingerprint density at radius 1 is 2.00 bits per heavy atom. The van der Waals surface area contributed by atoms with E-state index in [1.165, 1.54) is 4.90 Å². The van der Waals surface area contributed by atoms with Crippen molar-refractivity contribution in [2.24, 2.45) is 0 Å². The zero-order valence-electron chi connectivity index (χ0n) is 3.44. The first-order valence-corrected chi connectivity index (χ1v) is 1.99. The number of rotatable bonds is 2. The van der Waals surface area contributed by atoms with E-state index in [0.717, 1.165) is 0 Å². The lowest BCUT2D eigenvalue weighted by atomic mass is 11.0. The van der Waals surface area contributed by atoms with Crippen LogP contribution < -0.4 is 0 Å². The van der Waals surface area contributed by atoms with Crippen LogP contribution in [-0.2, 0) is 4.79 Å². The highest BCUT2D eigenvalue weighted by Gasteiger charge is 1.83. The Morgan fingerprint density at radius 3 is 2.50 bits per heavy atom. The molecule has 6 heavy (non-hydrogen) atoms. The van der Waals surface area contributed by atoms with Crippen LogP contribution in [0.25, 0.3) is 0 Å². The van der Waals surface area contributed by atoms with Crippen molar-refractivity contribution in [2.45, 2.75) is 0 Å². The summed E-state index contributed by atoms with van der Waals surface area (Å²) in [6.45, 7) is 0. The molecule has 0 unspecified atom stereocenters. The second-order valence-electron chi connectivity index (χ2n) is 0.909. The van der Waals surface area contributed by atoms with E-state index in [1.54, 1.807) is 13.5 Å². The van der Waals surface area contributed by atoms with Crippen molar-refractivity contribution in [1.82, 2.24) is 4.90 Å². The van der Waals surface area contributed by atoms with E-state index >= 15 is 0 Å². The third-order valence-corrected chi connectivity index (χ3v) is 0.694. The SMILES string of the molecule is CN([C]=O)CCl. The van der Waals surface area contributed by atoms with E-state index in [4.69, 9.17) is 11.6 Å². The number of carbonyl (C=O) groups excluding carboxylic acids is 1. The van der Waals surface area contributed by atoms with E-state index in [2.05, 4.69) is 0 Å². The van der Waals surface area contributed by atoms with Crippen LogP contribution in [0.1, 0.15) is 0 Å². The van der Waals surface area contributed by atoms with Gasteiger partial charge >= 0.3 is 6.41 Å². The maximum Gasteiger partial charge on any atom is 0.312 e. The first-order chi connectivity index (χ1) is 2.81. The maximum atomic E-state index is 9.45. The van der Waals surface area contributed by atoms with Gasteiger partial charge in [0.05, 0.1) is 6.00 Å². The Labute approximate surface area is 41.7 Å². The van der Waals surface area contributed by atoms with Crippen LogP contribution in [0.2, 0.25) is 0 Å². The molecule has 0 aromatic rings. The van der Waals surface area contributed by atoms with Crippen molar-refractivity contribution in [3.63, 3.8) is 0 Å².